The molecular weight excluding hydrogens is 235 g/mol. The lowest BCUT2D eigenvalue weighted by molar-refractivity contribution is -0.128. The van der Waals surface area contributed by atoms with Gasteiger partial charge in [-0.1, -0.05) is 0 Å². The predicted octanol–water partition coefficient (Wildman–Crippen LogP) is 1.79. The van der Waals surface area contributed by atoms with Crippen LogP contribution in [0.1, 0.15) is 19.3 Å². The minimum atomic E-state index is -2.94. The number of alkyl halides is 5. The van der Waals surface area contributed by atoms with Crippen LogP contribution in [0.4, 0.5) is 22.0 Å². The van der Waals surface area contributed by atoms with Crippen molar-refractivity contribution in [3.63, 3.8) is 0 Å². The summed E-state index contributed by atoms with van der Waals surface area (Å²) >= 11 is 0. The molecule has 4 unspecified atom stereocenters. The molecule has 0 aliphatic rings. The quantitative estimate of drug-likeness (QED) is 0.391. The Balaban J connectivity index is 4.05. The zero-order valence-electron chi connectivity index (χ0n) is 8.50. The molecule has 0 saturated heterocycles. The second-order valence-electron chi connectivity index (χ2n) is 3.45. The topological polar surface area (TPSA) is 40.5 Å². The number of aliphatic hydroxyl groups is 2. The summed E-state index contributed by atoms with van der Waals surface area (Å²) in [6.45, 7) is -0.691. The van der Waals surface area contributed by atoms with Gasteiger partial charge in [0.2, 0.25) is 0 Å². The van der Waals surface area contributed by atoms with E-state index >= 15 is 0 Å². The molecule has 0 heterocycles. The molecule has 2 N–H and O–H groups in total. The predicted molar refractivity (Wildman–Crippen MR) is 47.6 cm³/mol. The molecule has 0 radical (unpaired) electrons. The summed E-state index contributed by atoms with van der Waals surface area (Å²) in [6.07, 6.45) is -14.0. The lowest BCUT2D eigenvalue weighted by Crippen LogP contribution is -2.41. The van der Waals surface area contributed by atoms with E-state index in [1.165, 1.54) is 0 Å². The van der Waals surface area contributed by atoms with Crippen LogP contribution in [0.3, 0.4) is 0 Å². The largest absolute Gasteiger partial charge is 0.366 e. The minimum Gasteiger partial charge on any atom is -0.366 e. The van der Waals surface area contributed by atoms with E-state index in [4.69, 9.17) is 10.2 Å². The molecule has 2 nitrogen and oxygen atoms in total. The van der Waals surface area contributed by atoms with Gasteiger partial charge in [0.15, 0.2) is 24.8 Å². The van der Waals surface area contributed by atoms with Crippen molar-refractivity contribution in [1.82, 2.24) is 0 Å². The third kappa shape index (κ3) is 5.07. The number of rotatable bonds is 8. The second-order valence-corrected chi connectivity index (χ2v) is 3.45. The molecule has 16 heavy (non-hydrogen) atoms. The SMILES string of the molecule is OC(O)C(F)C(F)C(F)C(F)CCCCF. The Morgan fingerprint density at radius 2 is 1.38 bits per heavy atom. The highest BCUT2D eigenvalue weighted by molar-refractivity contribution is 4.83. The van der Waals surface area contributed by atoms with E-state index in [0.717, 1.165) is 0 Å². The standard InChI is InChI=1S/C9H15F5O2/c10-4-2-1-3-5(11)6(12)7(13)8(14)9(15)16/h5-9,15-16H,1-4H2. The molecular formula is C9H15F5O2. The molecule has 0 bridgehead atoms. The Hall–Kier alpha value is -0.430. The molecule has 0 saturated carbocycles. The third-order valence-electron chi connectivity index (χ3n) is 2.10. The van der Waals surface area contributed by atoms with Crippen molar-refractivity contribution in [2.45, 2.75) is 50.2 Å². The number of hydrogen-bond donors (Lipinski definition) is 2. The van der Waals surface area contributed by atoms with Gasteiger partial charge in [-0.25, -0.2) is 17.6 Å². The molecule has 0 amide bonds. The van der Waals surface area contributed by atoms with E-state index in [2.05, 4.69) is 0 Å². The molecule has 0 aromatic rings. The van der Waals surface area contributed by atoms with Gasteiger partial charge in [0, 0.05) is 0 Å². The van der Waals surface area contributed by atoms with E-state index < -0.39 is 44.1 Å². The molecule has 0 aromatic carbocycles. The number of aliphatic hydroxyl groups excluding tert-OH is 1. The van der Waals surface area contributed by atoms with Crippen molar-refractivity contribution in [3.05, 3.63) is 0 Å². The molecule has 0 rings (SSSR count). The fraction of sp³-hybridized carbons (Fsp3) is 1.00. The van der Waals surface area contributed by atoms with Gasteiger partial charge in [-0.2, -0.15) is 0 Å². The third-order valence-corrected chi connectivity index (χ3v) is 2.10. The van der Waals surface area contributed by atoms with Crippen LogP contribution in [0.15, 0.2) is 0 Å². The molecule has 7 heteroatoms. The van der Waals surface area contributed by atoms with Crippen molar-refractivity contribution < 1.29 is 32.2 Å². The van der Waals surface area contributed by atoms with Crippen molar-refractivity contribution in [2.24, 2.45) is 0 Å². The van der Waals surface area contributed by atoms with E-state index in [0.29, 0.717) is 0 Å². The first-order valence-electron chi connectivity index (χ1n) is 4.90. The van der Waals surface area contributed by atoms with Crippen molar-refractivity contribution >= 4 is 0 Å². The van der Waals surface area contributed by atoms with Crippen LogP contribution in [0.25, 0.3) is 0 Å². The van der Waals surface area contributed by atoms with Gasteiger partial charge in [-0.3, -0.25) is 4.39 Å². The maximum Gasteiger partial charge on any atom is 0.186 e. The minimum absolute atomic E-state index is 0.0173. The zero-order valence-corrected chi connectivity index (χ0v) is 8.50. The van der Waals surface area contributed by atoms with Gasteiger partial charge in [0.1, 0.15) is 6.17 Å². The smallest absolute Gasteiger partial charge is 0.186 e. The molecule has 98 valence electrons. The first-order chi connectivity index (χ1) is 7.41. The summed E-state index contributed by atoms with van der Waals surface area (Å²) in [6, 6.07) is 0. The summed E-state index contributed by atoms with van der Waals surface area (Å²) in [7, 11) is 0. The van der Waals surface area contributed by atoms with Crippen molar-refractivity contribution in [2.75, 3.05) is 6.67 Å². The Morgan fingerprint density at radius 3 is 1.81 bits per heavy atom. The van der Waals surface area contributed by atoms with E-state index in [9.17, 15) is 22.0 Å². The van der Waals surface area contributed by atoms with Gasteiger partial charge >= 0.3 is 0 Å². The summed E-state index contributed by atoms with van der Waals surface area (Å²) in [5.74, 6) is 0. The van der Waals surface area contributed by atoms with Gasteiger partial charge in [0.25, 0.3) is 0 Å². The van der Waals surface area contributed by atoms with Crippen LogP contribution in [-0.4, -0.2) is 47.9 Å². The molecule has 0 aliphatic carbocycles. The Labute approximate surface area is 90.1 Å². The van der Waals surface area contributed by atoms with Crippen LogP contribution < -0.4 is 0 Å². The monoisotopic (exact) mass is 250 g/mol. The average Bonchev–Trinajstić information content (AvgIpc) is 2.26. The molecule has 0 aromatic heterocycles. The highest BCUT2D eigenvalue weighted by atomic mass is 19.2. The molecule has 0 fully saturated rings. The summed E-state index contributed by atoms with van der Waals surface area (Å²) in [5.41, 5.74) is 0. The molecule has 0 spiro atoms. The highest BCUT2D eigenvalue weighted by Gasteiger charge is 2.38. The van der Waals surface area contributed by atoms with E-state index in [1.54, 1.807) is 0 Å². The normalized spacial score (nSPS) is 19.5. The lowest BCUT2D eigenvalue weighted by Gasteiger charge is -2.21. The van der Waals surface area contributed by atoms with Crippen LogP contribution in [0, 0.1) is 0 Å². The second kappa shape index (κ2) is 7.78. The van der Waals surface area contributed by atoms with Crippen LogP contribution >= 0.6 is 0 Å². The van der Waals surface area contributed by atoms with Crippen LogP contribution in [0.2, 0.25) is 0 Å². The van der Waals surface area contributed by atoms with Crippen molar-refractivity contribution in [1.29, 1.82) is 0 Å². The Kier molecular flexibility index (Phi) is 7.57. The summed E-state index contributed by atoms with van der Waals surface area (Å²) < 4.78 is 62.9. The fourth-order valence-electron chi connectivity index (χ4n) is 1.13. The average molecular weight is 250 g/mol. The highest BCUT2D eigenvalue weighted by Crippen LogP contribution is 2.22. The van der Waals surface area contributed by atoms with Gasteiger partial charge in [-0.05, 0) is 19.3 Å². The summed E-state index contributed by atoms with van der Waals surface area (Å²) in [4.78, 5) is 0. The Morgan fingerprint density at radius 1 is 0.812 bits per heavy atom. The summed E-state index contributed by atoms with van der Waals surface area (Å²) in [5, 5.41) is 16.5. The van der Waals surface area contributed by atoms with E-state index in [1.807, 2.05) is 0 Å². The van der Waals surface area contributed by atoms with Gasteiger partial charge < -0.3 is 10.2 Å². The zero-order chi connectivity index (χ0) is 12.7. The van der Waals surface area contributed by atoms with Gasteiger partial charge in [-0.15, -0.1) is 0 Å². The van der Waals surface area contributed by atoms with E-state index in [-0.39, 0.29) is 12.8 Å². The maximum atomic E-state index is 12.9. The number of unbranched alkanes of at least 4 members (excludes halogenated alkanes) is 1. The van der Waals surface area contributed by atoms with Crippen LogP contribution in [-0.2, 0) is 0 Å². The molecule has 0 aliphatic heterocycles. The Bertz CT molecular complexity index is 181. The van der Waals surface area contributed by atoms with Gasteiger partial charge in [0.05, 0.1) is 6.67 Å². The maximum absolute atomic E-state index is 12.9. The first kappa shape index (κ1) is 15.6. The lowest BCUT2D eigenvalue weighted by atomic mass is 10.0. The van der Waals surface area contributed by atoms with Crippen molar-refractivity contribution in [3.8, 4) is 0 Å². The number of hydrogen-bond acceptors (Lipinski definition) is 2. The fourth-order valence-corrected chi connectivity index (χ4v) is 1.13. The first-order valence-corrected chi connectivity index (χ1v) is 4.90. The molecule has 4 atom stereocenters. The number of halogens is 5. The van der Waals surface area contributed by atoms with Crippen LogP contribution in [0.5, 0.6) is 0 Å².